The van der Waals surface area contributed by atoms with Gasteiger partial charge in [-0.1, -0.05) is 29.8 Å². The SMILES string of the molecule is O=C(c1cnccc1C(F)(F)F)N(Cc1cc(=O)[nH]c2c(F)cccc12)c1cccc(Cl)c1. The van der Waals surface area contributed by atoms with Gasteiger partial charge in [-0.25, -0.2) is 4.39 Å². The van der Waals surface area contributed by atoms with Crippen LogP contribution < -0.4 is 10.5 Å². The number of alkyl halides is 3. The maximum Gasteiger partial charge on any atom is 0.417 e. The molecule has 4 rings (SSSR count). The summed E-state index contributed by atoms with van der Waals surface area (Å²) in [4.78, 5) is 32.7. The molecule has 2 aromatic carbocycles. The summed E-state index contributed by atoms with van der Waals surface area (Å²) in [5.74, 6) is -1.69. The van der Waals surface area contributed by atoms with Gasteiger partial charge in [0.2, 0.25) is 5.56 Å². The average molecular weight is 476 g/mol. The fourth-order valence-corrected chi connectivity index (χ4v) is 3.68. The standard InChI is InChI=1S/C23H14ClF4N3O2/c24-14-3-1-4-15(10-14)31(22(33)17-11-29-8-7-18(17)23(26,27)28)12-13-9-20(32)30-21-16(13)5-2-6-19(21)25/h1-11H,12H2,(H,30,32). The number of aromatic amines is 1. The zero-order valence-electron chi connectivity index (χ0n) is 16.7. The van der Waals surface area contributed by atoms with Gasteiger partial charge in [0.15, 0.2) is 0 Å². The quantitative estimate of drug-likeness (QED) is 0.392. The van der Waals surface area contributed by atoms with Crippen LogP contribution in [0.4, 0.5) is 23.2 Å². The van der Waals surface area contributed by atoms with Gasteiger partial charge in [-0.05, 0) is 35.9 Å². The number of fused-ring (bicyclic) bond motifs is 1. The van der Waals surface area contributed by atoms with E-state index >= 15 is 0 Å². The molecule has 168 valence electrons. The second-order valence-corrected chi connectivity index (χ2v) is 7.55. The smallest absolute Gasteiger partial charge is 0.319 e. The number of amides is 1. The van der Waals surface area contributed by atoms with E-state index in [9.17, 15) is 27.2 Å². The number of para-hydroxylation sites is 1. The van der Waals surface area contributed by atoms with Gasteiger partial charge in [-0.15, -0.1) is 0 Å². The van der Waals surface area contributed by atoms with Crippen LogP contribution in [0.1, 0.15) is 21.5 Å². The maximum atomic E-state index is 14.3. The topological polar surface area (TPSA) is 66.1 Å². The number of nitrogens with zero attached hydrogens (tertiary/aromatic N) is 2. The van der Waals surface area contributed by atoms with Crippen molar-refractivity contribution in [2.75, 3.05) is 4.90 Å². The number of H-pyrrole nitrogens is 1. The molecule has 10 heteroatoms. The molecule has 0 atom stereocenters. The Bertz CT molecular complexity index is 1420. The van der Waals surface area contributed by atoms with Crippen molar-refractivity contribution in [3.8, 4) is 0 Å². The van der Waals surface area contributed by atoms with Crippen LogP contribution in [-0.2, 0) is 12.7 Å². The molecule has 0 fully saturated rings. The van der Waals surface area contributed by atoms with Crippen molar-refractivity contribution < 1.29 is 22.4 Å². The summed E-state index contributed by atoms with van der Waals surface area (Å²) in [5, 5.41) is 0.547. The molecule has 0 spiro atoms. The molecule has 0 saturated heterocycles. The van der Waals surface area contributed by atoms with E-state index in [0.29, 0.717) is 11.5 Å². The Balaban J connectivity index is 1.89. The van der Waals surface area contributed by atoms with Crippen LogP contribution in [0.25, 0.3) is 10.9 Å². The molecular weight excluding hydrogens is 462 g/mol. The van der Waals surface area contributed by atoms with E-state index in [2.05, 4.69) is 9.97 Å². The molecule has 0 aliphatic heterocycles. The minimum absolute atomic E-state index is 0.0733. The Hall–Kier alpha value is -3.72. The summed E-state index contributed by atoms with van der Waals surface area (Å²) in [6, 6.07) is 12.0. The predicted octanol–water partition coefficient (Wildman–Crippen LogP) is 5.58. The first-order valence-corrected chi connectivity index (χ1v) is 9.92. The minimum Gasteiger partial charge on any atom is -0.319 e. The van der Waals surface area contributed by atoms with Gasteiger partial charge in [0.05, 0.1) is 23.2 Å². The highest BCUT2D eigenvalue weighted by atomic mass is 35.5. The van der Waals surface area contributed by atoms with Gasteiger partial charge in [-0.2, -0.15) is 13.2 Å². The highest BCUT2D eigenvalue weighted by molar-refractivity contribution is 6.31. The molecule has 0 aliphatic rings. The average Bonchev–Trinajstić information content (AvgIpc) is 2.77. The van der Waals surface area contributed by atoms with E-state index in [4.69, 9.17) is 11.6 Å². The molecule has 2 heterocycles. The number of pyridine rings is 2. The van der Waals surface area contributed by atoms with Gasteiger partial charge < -0.3 is 9.88 Å². The van der Waals surface area contributed by atoms with Crippen molar-refractivity contribution in [3.63, 3.8) is 0 Å². The third kappa shape index (κ3) is 4.58. The number of halogens is 5. The normalized spacial score (nSPS) is 11.5. The third-order valence-corrected chi connectivity index (χ3v) is 5.20. The lowest BCUT2D eigenvalue weighted by molar-refractivity contribution is -0.138. The van der Waals surface area contributed by atoms with Crippen molar-refractivity contribution >= 4 is 34.1 Å². The number of benzene rings is 2. The molecule has 0 radical (unpaired) electrons. The third-order valence-electron chi connectivity index (χ3n) is 4.96. The number of hydrogen-bond acceptors (Lipinski definition) is 3. The Labute approximate surface area is 189 Å². The van der Waals surface area contributed by atoms with Crippen molar-refractivity contribution in [2.45, 2.75) is 12.7 Å². The Morgan fingerprint density at radius 3 is 2.58 bits per heavy atom. The number of carbonyl (C=O) groups excluding carboxylic acids is 1. The molecule has 5 nitrogen and oxygen atoms in total. The van der Waals surface area contributed by atoms with E-state index in [1.807, 2.05) is 0 Å². The van der Waals surface area contributed by atoms with Crippen molar-refractivity contribution in [1.82, 2.24) is 9.97 Å². The number of anilines is 1. The number of aromatic nitrogens is 2. The fraction of sp³-hybridized carbons (Fsp3) is 0.0870. The monoisotopic (exact) mass is 475 g/mol. The molecule has 33 heavy (non-hydrogen) atoms. The van der Waals surface area contributed by atoms with Gasteiger partial charge in [-0.3, -0.25) is 14.6 Å². The van der Waals surface area contributed by atoms with E-state index in [1.165, 1.54) is 42.5 Å². The van der Waals surface area contributed by atoms with E-state index in [-0.39, 0.29) is 28.3 Å². The van der Waals surface area contributed by atoms with Crippen LogP contribution in [-0.4, -0.2) is 15.9 Å². The van der Waals surface area contributed by atoms with Crippen LogP contribution in [0.5, 0.6) is 0 Å². The molecule has 4 aromatic rings. The first-order chi connectivity index (χ1) is 15.6. The molecule has 2 aromatic heterocycles. The second kappa shape index (κ2) is 8.67. The second-order valence-electron chi connectivity index (χ2n) is 7.11. The molecule has 0 aliphatic carbocycles. The minimum atomic E-state index is -4.80. The summed E-state index contributed by atoms with van der Waals surface area (Å²) in [6.07, 6.45) is -3.03. The number of carbonyl (C=O) groups is 1. The van der Waals surface area contributed by atoms with Crippen molar-refractivity contribution in [3.05, 3.63) is 105 Å². The Morgan fingerprint density at radius 2 is 1.85 bits per heavy atom. The summed E-state index contributed by atoms with van der Waals surface area (Å²) in [5.41, 5.74) is -2.11. The Morgan fingerprint density at radius 1 is 1.09 bits per heavy atom. The zero-order chi connectivity index (χ0) is 23.8. The summed E-state index contributed by atoms with van der Waals surface area (Å²) >= 11 is 6.05. The summed E-state index contributed by atoms with van der Waals surface area (Å²) < 4.78 is 55.0. The van der Waals surface area contributed by atoms with Crippen molar-refractivity contribution in [2.24, 2.45) is 0 Å². The van der Waals surface area contributed by atoms with Crippen LogP contribution >= 0.6 is 11.6 Å². The first-order valence-electron chi connectivity index (χ1n) is 9.54. The molecule has 0 saturated carbocycles. The van der Waals surface area contributed by atoms with E-state index in [0.717, 1.165) is 23.4 Å². The predicted molar refractivity (Wildman–Crippen MR) is 116 cm³/mol. The number of nitrogens with one attached hydrogen (secondary N) is 1. The van der Waals surface area contributed by atoms with Crippen molar-refractivity contribution in [1.29, 1.82) is 0 Å². The maximum absolute atomic E-state index is 14.3. The largest absolute Gasteiger partial charge is 0.417 e. The lowest BCUT2D eigenvalue weighted by atomic mass is 10.1. The van der Waals surface area contributed by atoms with Crippen LogP contribution in [0, 0.1) is 5.82 Å². The lowest BCUT2D eigenvalue weighted by Gasteiger charge is -2.25. The highest BCUT2D eigenvalue weighted by Gasteiger charge is 2.36. The van der Waals surface area contributed by atoms with Gasteiger partial charge in [0.25, 0.3) is 5.91 Å². The number of rotatable bonds is 4. The molecule has 1 N–H and O–H groups in total. The zero-order valence-corrected chi connectivity index (χ0v) is 17.4. The van der Waals surface area contributed by atoms with E-state index < -0.39 is 34.6 Å². The first kappa shape index (κ1) is 22.5. The molecule has 1 amide bonds. The van der Waals surface area contributed by atoms with E-state index in [1.54, 1.807) is 0 Å². The van der Waals surface area contributed by atoms with Crippen LogP contribution in [0.2, 0.25) is 5.02 Å². The van der Waals surface area contributed by atoms with Gasteiger partial charge >= 0.3 is 6.18 Å². The molecular formula is C23H14ClF4N3O2. The Kier molecular flexibility index (Phi) is 5.90. The highest BCUT2D eigenvalue weighted by Crippen LogP contribution is 2.33. The summed E-state index contributed by atoms with van der Waals surface area (Å²) in [7, 11) is 0. The fourth-order valence-electron chi connectivity index (χ4n) is 3.50. The van der Waals surface area contributed by atoms with Gasteiger partial charge in [0.1, 0.15) is 5.82 Å². The molecule has 0 unspecified atom stereocenters. The van der Waals surface area contributed by atoms with Gasteiger partial charge in [0, 0.05) is 34.6 Å². The van der Waals surface area contributed by atoms with Crippen LogP contribution in [0.15, 0.2) is 71.8 Å². The summed E-state index contributed by atoms with van der Waals surface area (Å²) in [6.45, 7) is -0.324. The lowest BCUT2D eigenvalue weighted by Crippen LogP contribution is -2.32. The number of hydrogen-bond donors (Lipinski definition) is 1. The molecule has 0 bridgehead atoms. The van der Waals surface area contributed by atoms with Crippen LogP contribution in [0.3, 0.4) is 0 Å².